The number of carboxylic acids is 1. The normalized spacial score (nSPS) is 11.7. The fraction of sp³-hybridized carbons (Fsp3) is 0.733. The molecular weight excluding hydrogens is 316 g/mol. The number of carbonyl (C=O) groups is 4. The van der Waals surface area contributed by atoms with Gasteiger partial charge in [-0.05, 0) is 33.4 Å². The van der Waals surface area contributed by atoms with Crippen molar-refractivity contribution in [2.75, 3.05) is 33.7 Å². The summed E-state index contributed by atoms with van der Waals surface area (Å²) in [7, 11) is 3.57. The largest absolute Gasteiger partial charge is 0.481 e. The maximum atomic E-state index is 12.1. The number of nitrogens with one attached hydrogen (secondary N) is 3. The molecule has 9 nitrogen and oxygen atoms in total. The average Bonchev–Trinajstić information content (AvgIpc) is 2.47. The van der Waals surface area contributed by atoms with E-state index in [9.17, 15) is 19.2 Å². The first-order valence-electron chi connectivity index (χ1n) is 7.91. The third-order valence-corrected chi connectivity index (χ3v) is 3.29. The molecule has 0 aliphatic heterocycles. The van der Waals surface area contributed by atoms with Crippen molar-refractivity contribution in [3.05, 3.63) is 0 Å². The van der Waals surface area contributed by atoms with Gasteiger partial charge in [-0.25, -0.2) is 0 Å². The molecule has 4 N–H and O–H groups in total. The van der Waals surface area contributed by atoms with E-state index in [0.29, 0.717) is 13.0 Å². The predicted molar refractivity (Wildman–Crippen MR) is 88.3 cm³/mol. The maximum Gasteiger partial charge on any atom is 0.305 e. The molecule has 24 heavy (non-hydrogen) atoms. The van der Waals surface area contributed by atoms with Crippen LogP contribution in [-0.4, -0.2) is 73.5 Å². The molecule has 0 radical (unpaired) electrons. The Morgan fingerprint density at radius 2 is 1.67 bits per heavy atom. The molecule has 3 amide bonds. The Kier molecular flexibility index (Phi) is 11.2. The first kappa shape index (κ1) is 21.8. The predicted octanol–water partition coefficient (Wildman–Crippen LogP) is -1.07. The summed E-state index contributed by atoms with van der Waals surface area (Å²) < 4.78 is 0. The van der Waals surface area contributed by atoms with Crippen LogP contribution in [0, 0.1) is 0 Å². The molecule has 0 aromatic heterocycles. The Balaban J connectivity index is 4.08. The zero-order valence-corrected chi connectivity index (χ0v) is 14.6. The number of likely N-dealkylation sites (N-methyl/N-ethyl adjacent to an activating group) is 1. The zero-order chi connectivity index (χ0) is 18.5. The highest BCUT2D eigenvalue weighted by atomic mass is 16.4. The lowest BCUT2D eigenvalue weighted by Gasteiger charge is -2.23. The van der Waals surface area contributed by atoms with Crippen LogP contribution < -0.4 is 16.0 Å². The van der Waals surface area contributed by atoms with Crippen LogP contribution in [-0.2, 0) is 19.2 Å². The standard InChI is InChI=1S/C15H28N4O5/c1-11(20)16-8-5-4-6-12(19(2)3)15(24)18-10-13(21)17-9-7-14(22)23/h12H,4-10H2,1-3H3,(H,16,20)(H,17,21)(H,18,24)(H,22,23). The van der Waals surface area contributed by atoms with Gasteiger partial charge in [-0.1, -0.05) is 0 Å². The summed E-state index contributed by atoms with van der Waals surface area (Å²) in [6.07, 6.45) is 1.99. The second-order valence-electron chi connectivity index (χ2n) is 5.67. The van der Waals surface area contributed by atoms with Gasteiger partial charge < -0.3 is 21.1 Å². The van der Waals surface area contributed by atoms with Gasteiger partial charge in [-0.3, -0.25) is 24.1 Å². The van der Waals surface area contributed by atoms with Crippen LogP contribution in [0.2, 0.25) is 0 Å². The minimum absolute atomic E-state index is 0.0320. The zero-order valence-electron chi connectivity index (χ0n) is 14.6. The molecule has 0 aliphatic carbocycles. The van der Waals surface area contributed by atoms with Gasteiger partial charge in [-0.15, -0.1) is 0 Å². The van der Waals surface area contributed by atoms with E-state index in [1.807, 2.05) is 0 Å². The number of amides is 3. The van der Waals surface area contributed by atoms with E-state index in [0.717, 1.165) is 12.8 Å². The Bertz CT molecular complexity index is 440. The van der Waals surface area contributed by atoms with E-state index in [4.69, 9.17) is 5.11 Å². The third kappa shape index (κ3) is 11.4. The highest BCUT2D eigenvalue weighted by Gasteiger charge is 2.20. The van der Waals surface area contributed by atoms with E-state index in [-0.39, 0.29) is 37.4 Å². The van der Waals surface area contributed by atoms with Crippen molar-refractivity contribution >= 4 is 23.7 Å². The number of unbranched alkanes of at least 4 members (excludes halogenated alkanes) is 1. The number of nitrogens with zero attached hydrogens (tertiary/aromatic N) is 1. The molecule has 0 rings (SSSR count). The molecule has 0 fully saturated rings. The van der Waals surface area contributed by atoms with Crippen molar-refractivity contribution in [1.82, 2.24) is 20.9 Å². The molecule has 9 heteroatoms. The van der Waals surface area contributed by atoms with Gasteiger partial charge in [0.2, 0.25) is 17.7 Å². The summed E-state index contributed by atoms with van der Waals surface area (Å²) in [5, 5.41) is 16.1. The summed E-state index contributed by atoms with van der Waals surface area (Å²) in [5.74, 6) is -1.75. The number of carboxylic acid groups (broad SMARTS) is 1. The fourth-order valence-electron chi connectivity index (χ4n) is 2.01. The second kappa shape index (κ2) is 12.3. The minimum atomic E-state index is -0.994. The summed E-state index contributed by atoms with van der Waals surface area (Å²) in [5.41, 5.74) is 0. The van der Waals surface area contributed by atoms with Gasteiger partial charge in [0.25, 0.3) is 0 Å². The molecule has 0 heterocycles. The third-order valence-electron chi connectivity index (χ3n) is 3.29. The van der Waals surface area contributed by atoms with Crippen molar-refractivity contribution < 1.29 is 24.3 Å². The molecule has 0 aliphatic rings. The molecule has 138 valence electrons. The first-order valence-corrected chi connectivity index (χ1v) is 7.91. The summed E-state index contributed by atoms with van der Waals surface area (Å²) in [6, 6.07) is -0.367. The van der Waals surface area contributed by atoms with Crippen molar-refractivity contribution in [1.29, 1.82) is 0 Å². The first-order chi connectivity index (χ1) is 11.2. The molecular formula is C15H28N4O5. The number of hydrogen-bond acceptors (Lipinski definition) is 5. The Morgan fingerprint density at radius 3 is 2.21 bits per heavy atom. The van der Waals surface area contributed by atoms with Crippen LogP contribution in [0.4, 0.5) is 0 Å². The quantitative estimate of drug-likeness (QED) is 0.334. The molecule has 1 atom stereocenters. The van der Waals surface area contributed by atoms with Crippen LogP contribution in [0.3, 0.4) is 0 Å². The lowest BCUT2D eigenvalue weighted by Crippen LogP contribution is -2.46. The smallest absolute Gasteiger partial charge is 0.305 e. The Morgan fingerprint density at radius 1 is 1.00 bits per heavy atom. The van der Waals surface area contributed by atoms with Crippen LogP contribution in [0.1, 0.15) is 32.6 Å². The number of aliphatic carboxylic acids is 1. The molecule has 0 bridgehead atoms. The number of hydrogen-bond donors (Lipinski definition) is 4. The van der Waals surface area contributed by atoms with Gasteiger partial charge in [0.15, 0.2) is 0 Å². The molecule has 0 aromatic carbocycles. The van der Waals surface area contributed by atoms with E-state index < -0.39 is 11.9 Å². The fourth-order valence-corrected chi connectivity index (χ4v) is 2.01. The van der Waals surface area contributed by atoms with Crippen molar-refractivity contribution in [3.8, 4) is 0 Å². The van der Waals surface area contributed by atoms with Crippen LogP contribution >= 0.6 is 0 Å². The van der Waals surface area contributed by atoms with Gasteiger partial charge in [0, 0.05) is 20.0 Å². The van der Waals surface area contributed by atoms with E-state index in [1.165, 1.54) is 6.92 Å². The minimum Gasteiger partial charge on any atom is -0.481 e. The number of carbonyl (C=O) groups excluding carboxylic acids is 3. The van der Waals surface area contributed by atoms with E-state index >= 15 is 0 Å². The monoisotopic (exact) mass is 344 g/mol. The Hall–Kier alpha value is -2.16. The van der Waals surface area contributed by atoms with Crippen LogP contribution in [0.15, 0.2) is 0 Å². The van der Waals surface area contributed by atoms with E-state index in [2.05, 4.69) is 16.0 Å². The summed E-state index contributed by atoms with van der Waals surface area (Å²) in [6.45, 7) is 1.87. The van der Waals surface area contributed by atoms with Crippen molar-refractivity contribution in [2.45, 2.75) is 38.6 Å². The number of rotatable bonds is 12. The highest BCUT2D eigenvalue weighted by Crippen LogP contribution is 2.06. The lowest BCUT2D eigenvalue weighted by molar-refractivity contribution is -0.137. The SMILES string of the molecule is CC(=O)NCCCCC(C(=O)NCC(=O)NCCC(=O)O)N(C)C. The topological polar surface area (TPSA) is 128 Å². The molecule has 0 saturated heterocycles. The van der Waals surface area contributed by atoms with Crippen LogP contribution in [0.5, 0.6) is 0 Å². The highest BCUT2D eigenvalue weighted by molar-refractivity contribution is 5.87. The summed E-state index contributed by atoms with van der Waals surface area (Å²) >= 11 is 0. The second-order valence-corrected chi connectivity index (χ2v) is 5.67. The average molecular weight is 344 g/mol. The van der Waals surface area contributed by atoms with E-state index in [1.54, 1.807) is 19.0 Å². The summed E-state index contributed by atoms with van der Waals surface area (Å²) in [4.78, 5) is 46.5. The van der Waals surface area contributed by atoms with Gasteiger partial charge in [-0.2, -0.15) is 0 Å². The molecule has 0 aromatic rings. The van der Waals surface area contributed by atoms with Crippen LogP contribution in [0.25, 0.3) is 0 Å². The van der Waals surface area contributed by atoms with Gasteiger partial charge in [0.05, 0.1) is 19.0 Å². The lowest BCUT2D eigenvalue weighted by atomic mass is 10.1. The molecule has 0 saturated carbocycles. The van der Waals surface area contributed by atoms with Crippen molar-refractivity contribution in [2.24, 2.45) is 0 Å². The maximum absolute atomic E-state index is 12.1. The molecule has 1 unspecified atom stereocenters. The van der Waals surface area contributed by atoms with Gasteiger partial charge in [0.1, 0.15) is 0 Å². The van der Waals surface area contributed by atoms with Crippen molar-refractivity contribution in [3.63, 3.8) is 0 Å². The molecule has 0 spiro atoms. The Labute approximate surface area is 142 Å². The van der Waals surface area contributed by atoms with Gasteiger partial charge >= 0.3 is 5.97 Å².